The Morgan fingerprint density at radius 1 is 1.42 bits per heavy atom. The Kier molecular flexibility index (Phi) is 3.83. The van der Waals surface area contributed by atoms with Crippen LogP contribution in [0.4, 0.5) is 5.69 Å². The summed E-state index contributed by atoms with van der Waals surface area (Å²) in [5.74, 6) is 0.355. The average molecular weight is 285 g/mol. The Bertz CT molecular complexity index is 583. The number of nitro groups is 1. The van der Waals surface area contributed by atoms with Gasteiger partial charge in [0.15, 0.2) is 4.90 Å². The number of nitrogens with one attached hydrogen (secondary N) is 1. The highest BCUT2D eigenvalue weighted by Crippen LogP contribution is 2.31. The molecule has 0 spiro atoms. The Hall–Kier alpha value is -1.51. The molecule has 8 heteroatoms. The smallest absolute Gasteiger partial charge is 0.289 e. The van der Waals surface area contributed by atoms with Gasteiger partial charge in [0.05, 0.1) is 4.92 Å². The Morgan fingerprint density at radius 3 is 2.63 bits per heavy atom. The molecule has 1 aliphatic rings. The third kappa shape index (κ3) is 3.28. The van der Waals surface area contributed by atoms with Crippen molar-refractivity contribution in [3.8, 4) is 0 Å². The van der Waals surface area contributed by atoms with E-state index in [1.807, 2.05) is 0 Å². The molecule has 1 fully saturated rings. The normalized spacial score (nSPS) is 17.1. The first-order chi connectivity index (χ1) is 8.92. The predicted octanol–water partition coefficient (Wildman–Crippen LogP) is 0.610. The minimum Gasteiger partial charge on any atom is -0.326 e. The molecule has 0 radical (unpaired) electrons. The summed E-state index contributed by atoms with van der Waals surface area (Å²) in [7, 11) is -3.91. The van der Waals surface area contributed by atoms with E-state index >= 15 is 0 Å². The minimum absolute atomic E-state index is 0.0963. The van der Waals surface area contributed by atoms with Gasteiger partial charge in [-0.3, -0.25) is 10.1 Å². The highest BCUT2D eigenvalue weighted by atomic mass is 32.2. The molecule has 1 aromatic rings. The van der Waals surface area contributed by atoms with Crippen molar-refractivity contribution in [1.82, 2.24) is 4.72 Å². The van der Waals surface area contributed by atoms with Crippen LogP contribution in [0.15, 0.2) is 29.2 Å². The zero-order valence-corrected chi connectivity index (χ0v) is 11.0. The number of nitrogens with zero attached hydrogens (tertiary/aromatic N) is 1. The molecule has 0 saturated heterocycles. The second kappa shape index (κ2) is 5.24. The topological polar surface area (TPSA) is 115 Å². The molecule has 2 rings (SSSR count). The summed E-state index contributed by atoms with van der Waals surface area (Å²) in [5.41, 5.74) is 5.37. The molecule has 0 heterocycles. The fourth-order valence-electron chi connectivity index (χ4n) is 1.81. The van der Waals surface area contributed by atoms with E-state index in [1.54, 1.807) is 0 Å². The van der Waals surface area contributed by atoms with E-state index in [1.165, 1.54) is 18.2 Å². The lowest BCUT2D eigenvalue weighted by molar-refractivity contribution is -0.387. The molecule has 3 N–H and O–H groups in total. The van der Waals surface area contributed by atoms with E-state index in [0.717, 1.165) is 18.9 Å². The number of hydrogen-bond donors (Lipinski definition) is 2. The molecule has 7 nitrogen and oxygen atoms in total. The van der Waals surface area contributed by atoms with E-state index in [2.05, 4.69) is 4.72 Å². The Morgan fingerprint density at radius 2 is 2.05 bits per heavy atom. The number of hydrogen-bond acceptors (Lipinski definition) is 5. The number of para-hydroxylation sites is 1. The lowest BCUT2D eigenvalue weighted by Gasteiger charge is -2.12. The van der Waals surface area contributed by atoms with Crippen molar-refractivity contribution in [2.24, 2.45) is 11.7 Å². The third-order valence-corrected chi connectivity index (χ3v) is 4.56. The monoisotopic (exact) mass is 285 g/mol. The van der Waals surface area contributed by atoms with Gasteiger partial charge in [0.1, 0.15) is 0 Å². The van der Waals surface area contributed by atoms with Crippen LogP contribution in [0.5, 0.6) is 0 Å². The summed E-state index contributed by atoms with van der Waals surface area (Å²) in [5, 5.41) is 10.8. The standard InChI is InChI=1S/C11H15N3O4S/c12-9(8-5-6-8)7-13-19(17,18)11-4-2-1-3-10(11)14(15)16/h1-4,8-9,13H,5-7,12H2. The first kappa shape index (κ1) is 13.9. The highest BCUT2D eigenvalue weighted by Gasteiger charge is 2.31. The van der Waals surface area contributed by atoms with Crippen molar-refractivity contribution in [2.45, 2.75) is 23.8 Å². The molecule has 1 aliphatic carbocycles. The molecule has 19 heavy (non-hydrogen) atoms. The SMILES string of the molecule is NC(CNS(=O)(=O)c1ccccc1[N+](=O)[O-])C1CC1. The van der Waals surface area contributed by atoms with Gasteiger partial charge in [0.25, 0.3) is 5.69 Å². The molecule has 1 saturated carbocycles. The van der Waals surface area contributed by atoms with E-state index < -0.39 is 20.6 Å². The number of nitrogens with two attached hydrogens (primary N) is 1. The maximum atomic E-state index is 12.0. The molecule has 0 amide bonds. The number of nitro benzene ring substituents is 1. The van der Waals surface area contributed by atoms with E-state index in [4.69, 9.17) is 5.73 Å². The van der Waals surface area contributed by atoms with Gasteiger partial charge >= 0.3 is 0 Å². The van der Waals surface area contributed by atoms with Crippen LogP contribution in [-0.4, -0.2) is 25.9 Å². The van der Waals surface area contributed by atoms with Gasteiger partial charge in [-0.1, -0.05) is 12.1 Å². The number of rotatable bonds is 6. The summed E-state index contributed by atoms with van der Waals surface area (Å²) in [6.45, 7) is 0.0963. The van der Waals surface area contributed by atoms with Crippen LogP contribution in [-0.2, 0) is 10.0 Å². The van der Waals surface area contributed by atoms with Crippen LogP contribution in [0.2, 0.25) is 0 Å². The predicted molar refractivity (Wildman–Crippen MR) is 69.0 cm³/mol. The largest absolute Gasteiger partial charge is 0.326 e. The maximum absolute atomic E-state index is 12.0. The van der Waals surface area contributed by atoms with Gasteiger partial charge < -0.3 is 5.73 Å². The maximum Gasteiger partial charge on any atom is 0.289 e. The van der Waals surface area contributed by atoms with Crippen LogP contribution in [0.3, 0.4) is 0 Å². The van der Waals surface area contributed by atoms with Crippen LogP contribution in [0.25, 0.3) is 0 Å². The van der Waals surface area contributed by atoms with Gasteiger partial charge in [-0.2, -0.15) is 0 Å². The fraction of sp³-hybridized carbons (Fsp3) is 0.455. The molecule has 0 aromatic heterocycles. The van der Waals surface area contributed by atoms with Crippen molar-refractivity contribution in [3.05, 3.63) is 34.4 Å². The lowest BCUT2D eigenvalue weighted by Crippen LogP contribution is -2.38. The van der Waals surface area contributed by atoms with Crippen LogP contribution < -0.4 is 10.5 Å². The second-order valence-corrected chi connectivity index (χ2v) is 6.31. The van der Waals surface area contributed by atoms with Gasteiger partial charge in [0, 0.05) is 18.7 Å². The third-order valence-electron chi connectivity index (χ3n) is 3.09. The highest BCUT2D eigenvalue weighted by molar-refractivity contribution is 7.89. The van der Waals surface area contributed by atoms with E-state index in [-0.39, 0.29) is 17.5 Å². The van der Waals surface area contributed by atoms with Crippen molar-refractivity contribution in [3.63, 3.8) is 0 Å². The average Bonchev–Trinajstić information content (AvgIpc) is 3.20. The van der Waals surface area contributed by atoms with Crippen molar-refractivity contribution in [2.75, 3.05) is 6.54 Å². The molecular weight excluding hydrogens is 270 g/mol. The van der Waals surface area contributed by atoms with Crippen LogP contribution in [0, 0.1) is 16.0 Å². The fourth-order valence-corrected chi connectivity index (χ4v) is 3.05. The Labute approximate surface area is 111 Å². The van der Waals surface area contributed by atoms with E-state index in [9.17, 15) is 18.5 Å². The number of sulfonamides is 1. The quantitative estimate of drug-likeness (QED) is 0.587. The molecule has 0 aliphatic heterocycles. The lowest BCUT2D eigenvalue weighted by atomic mass is 10.2. The van der Waals surface area contributed by atoms with Crippen LogP contribution >= 0.6 is 0 Å². The van der Waals surface area contributed by atoms with Gasteiger partial charge in [0.2, 0.25) is 10.0 Å². The molecule has 0 bridgehead atoms. The van der Waals surface area contributed by atoms with Gasteiger partial charge in [-0.05, 0) is 24.8 Å². The Balaban J connectivity index is 2.16. The molecule has 104 valence electrons. The van der Waals surface area contributed by atoms with Crippen LogP contribution in [0.1, 0.15) is 12.8 Å². The number of benzene rings is 1. The summed E-state index contributed by atoms with van der Waals surface area (Å²) in [6.07, 6.45) is 2.02. The zero-order valence-electron chi connectivity index (χ0n) is 10.2. The molecule has 1 unspecified atom stereocenters. The van der Waals surface area contributed by atoms with Crippen molar-refractivity contribution >= 4 is 15.7 Å². The van der Waals surface area contributed by atoms with Crippen molar-refractivity contribution < 1.29 is 13.3 Å². The molecule has 1 atom stereocenters. The van der Waals surface area contributed by atoms with Gasteiger partial charge in [-0.25, -0.2) is 13.1 Å². The zero-order chi connectivity index (χ0) is 14.0. The second-order valence-electron chi connectivity index (χ2n) is 4.58. The molecular formula is C11H15N3O4S. The van der Waals surface area contributed by atoms with E-state index in [0.29, 0.717) is 5.92 Å². The van der Waals surface area contributed by atoms with Crippen molar-refractivity contribution in [1.29, 1.82) is 0 Å². The van der Waals surface area contributed by atoms with Gasteiger partial charge in [-0.15, -0.1) is 0 Å². The summed E-state index contributed by atoms with van der Waals surface area (Å²) in [4.78, 5) is 9.77. The molecule has 1 aromatic carbocycles. The minimum atomic E-state index is -3.91. The summed E-state index contributed by atoms with van der Waals surface area (Å²) >= 11 is 0. The summed E-state index contributed by atoms with van der Waals surface area (Å²) < 4.78 is 26.4. The first-order valence-electron chi connectivity index (χ1n) is 5.90. The summed E-state index contributed by atoms with van der Waals surface area (Å²) in [6, 6.07) is 5.01. The first-order valence-corrected chi connectivity index (χ1v) is 7.39.